The van der Waals surface area contributed by atoms with E-state index in [0.717, 1.165) is 28.4 Å². The number of hydrogen-bond acceptors (Lipinski definition) is 4. The molecule has 2 aromatic rings. The van der Waals surface area contributed by atoms with E-state index in [1.54, 1.807) is 11.0 Å². The van der Waals surface area contributed by atoms with Gasteiger partial charge in [0.05, 0.1) is 20.3 Å². The zero-order valence-corrected chi connectivity index (χ0v) is 16.5. The molecule has 6 heteroatoms. The van der Waals surface area contributed by atoms with E-state index >= 15 is 0 Å². The van der Waals surface area contributed by atoms with Crippen LogP contribution in [0.4, 0.5) is 4.79 Å². The van der Waals surface area contributed by atoms with Crippen LogP contribution in [0.2, 0.25) is 0 Å². The minimum Gasteiger partial charge on any atom is -0.504 e. The van der Waals surface area contributed by atoms with Crippen LogP contribution in [0.3, 0.4) is 0 Å². The monoisotopic (exact) mass is 419 g/mol. The highest BCUT2D eigenvalue weighted by atomic mass is 79.9. The summed E-state index contributed by atoms with van der Waals surface area (Å²) in [6, 6.07) is 11.5. The largest absolute Gasteiger partial charge is 0.504 e. The van der Waals surface area contributed by atoms with Crippen molar-refractivity contribution < 1.29 is 19.4 Å². The summed E-state index contributed by atoms with van der Waals surface area (Å²) >= 11 is 3.58. The number of amides is 1. The smallest absolute Gasteiger partial charge is 0.410 e. The van der Waals surface area contributed by atoms with Crippen molar-refractivity contribution in [3.05, 3.63) is 57.6 Å². The molecule has 1 N–H and O–H groups in total. The van der Waals surface area contributed by atoms with Gasteiger partial charge in [-0.05, 0) is 54.2 Å². The highest BCUT2D eigenvalue weighted by Crippen LogP contribution is 2.40. The molecule has 1 heterocycles. The Morgan fingerprint density at radius 3 is 2.77 bits per heavy atom. The highest BCUT2D eigenvalue weighted by Gasteiger charge is 2.32. The minimum atomic E-state index is -0.344. The van der Waals surface area contributed by atoms with Gasteiger partial charge in [0.25, 0.3) is 0 Å². The summed E-state index contributed by atoms with van der Waals surface area (Å²) in [6.45, 7) is 0.578. The number of phenols is 1. The summed E-state index contributed by atoms with van der Waals surface area (Å²) in [5, 5.41) is 10.2. The Morgan fingerprint density at radius 2 is 2.08 bits per heavy atom. The quantitative estimate of drug-likeness (QED) is 0.794. The number of nitrogens with zero attached hydrogens (tertiary/aromatic N) is 1. The van der Waals surface area contributed by atoms with Gasteiger partial charge in [-0.25, -0.2) is 4.79 Å². The fourth-order valence-corrected chi connectivity index (χ4v) is 4.00. The summed E-state index contributed by atoms with van der Waals surface area (Å²) in [7, 11) is 2.93. The molecule has 138 valence electrons. The van der Waals surface area contributed by atoms with Gasteiger partial charge in [0.15, 0.2) is 11.5 Å². The van der Waals surface area contributed by atoms with E-state index in [9.17, 15) is 9.90 Å². The van der Waals surface area contributed by atoms with Crippen LogP contribution in [0.1, 0.15) is 29.2 Å². The normalized spacial score (nSPS) is 16.1. The van der Waals surface area contributed by atoms with Crippen LogP contribution in [-0.4, -0.2) is 36.9 Å². The summed E-state index contributed by atoms with van der Waals surface area (Å²) in [5.74, 6) is 0.545. The third kappa shape index (κ3) is 3.65. The number of aryl methyl sites for hydroxylation is 1. The molecule has 0 saturated carbocycles. The van der Waals surface area contributed by atoms with E-state index in [1.807, 2.05) is 24.3 Å². The first-order valence-electron chi connectivity index (χ1n) is 8.53. The van der Waals surface area contributed by atoms with E-state index in [4.69, 9.17) is 9.47 Å². The molecule has 3 rings (SSSR count). The van der Waals surface area contributed by atoms with Gasteiger partial charge in [-0.3, -0.25) is 0 Å². The lowest BCUT2D eigenvalue weighted by atomic mass is 9.88. The second-order valence-corrected chi connectivity index (χ2v) is 7.14. The Balaban J connectivity index is 1.93. The first kappa shape index (κ1) is 18.6. The third-order valence-electron chi connectivity index (χ3n) is 4.85. The molecule has 0 spiro atoms. The molecule has 0 radical (unpaired) electrons. The standard InChI is InChI=1S/C20H22BrNO4/c1-25-19-11-14-9-10-22(20(24)26-2)17(15(14)12-18(19)23)8-7-13-5-3-4-6-16(13)21/h3-6,11-12,17,23H,7-10H2,1-2H3. The van der Waals surface area contributed by atoms with E-state index in [-0.39, 0.29) is 17.9 Å². The maximum atomic E-state index is 12.3. The number of carbonyl (C=O) groups is 1. The number of phenolic OH excluding ortho intramolecular Hbond substituents is 1. The topological polar surface area (TPSA) is 59.0 Å². The van der Waals surface area contributed by atoms with Crippen molar-refractivity contribution in [2.75, 3.05) is 20.8 Å². The molecule has 1 amide bonds. The van der Waals surface area contributed by atoms with Gasteiger partial charge in [0.1, 0.15) is 0 Å². The predicted molar refractivity (Wildman–Crippen MR) is 103 cm³/mol. The van der Waals surface area contributed by atoms with Crippen molar-refractivity contribution in [2.24, 2.45) is 0 Å². The molecule has 0 bridgehead atoms. The lowest BCUT2D eigenvalue weighted by Crippen LogP contribution is -2.40. The second-order valence-electron chi connectivity index (χ2n) is 6.28. The number of ether oxygens (including phenoxy) is 2. The van der Waals surface area contributed by atoms with Crippen molar-refractivity contribution in [3.63, 3.8) is 0 Å². The molecule has 1 atom stereocenters. The van der Waals surface area contributed by atoms with Crippen molar-refractivity contribution in [3.8, 4) is 11.5 Å². The summed E-state index contributed by atoms with van der Waals surface area (Å²) < 4.78 is 11.3. The lowest BCUT2D eigenvalue weighted by molar-refractivity contribution is 0.0982. The van der Waals surface area contributed by atoms with Gasteiger partial charge in [-0.1, -0.05) is 34.1 Å². The van der Waals surface area contributed by atoms with E-state index in [1.165, 1.54) is 19.8 Å². The molecule has 0 aromatic heterocycles. The van der Waals surface area contributed by atoms with E-state index in [2.05, 4.69) is 22.0 Å². The molecule has 5 nitrogen and oxygen atoms in total. The molecular formula is C20H22BrNO4. The number of halogens is 1. The molecular weight excluding hydrogens is 398 g/mol. The number of fused-ring (bicyclic) bond motifs is 1. The maximum absolute atomic E-state index is 12.3. The first-order chi connectivity index (χ1) is 12.5. The number of benzene rings is 2. The van der Waals surface area contributed by atoms with Crippen molar-refractivity contribution >= 4 is 22.0 Å². The zero-order valence-electron chi connectivity index (χ0n) is 14.9. The van der Waals surface area contributed by atoms with Crippen LogP contribution in [0.15, 0.2) is 40.9 Å². The molecule has 1 unspecified atom stereocenters. The molecule has 0 aliphatic carbocycles. The van der Waals surface area contributed by atoms with Crippen LogP contribution >= 0.6 is 15.9 Å². The third-order valence-corrected chi connectivity index (χ3v) is 5.63. The number of aromatic hydroxyl groups is 1. The fraction of sp³-hybridized carbons (Fsp3) is 0.350. The summed E-state index contributed by atoms with van der Waals surface area (Å²) in [4.78, 5) is 14.0. The number of carbonyl (C=O) groups excluding carboxylic acids is 1. The Morgan fingerprint density at radius 1 is 1.31 bits per heavy atom. The van der Waals surface area contributed by atoms with Gasteiger partial charge in [0.2, 0.25) is 0 Å². The van der Waals surface area contributed by atoms with Gasteiger partial charge >= 0.3 is 6.09 Å². The maximum Gasteiger partial charge on any atom is 0.410 e. The molecule has 2 aromatic carbocycles. The van der Waals surface area contributed by atoms with Crippen LogP contribution in [-0.2, 0) is 17.6 Å². The Labute approximate surface area is 161 Å². The highest BCUT2D eigenvalue weighted by molar-refractivity contribution is 9.10. The van der Waals surface area contributed by atoms with Crippen LogP contribution in [0.5, 0.6) is 11.5 Å². The van der Waals surface area contributed by atoms with E-state index < -0.39 is 0 Å². The number of rotatable bonds is 4. The van der Waals surface area contributed by atoms with Crippen LogP contribution in [0, 0.1) is 0 Å². The minimum absolute atomic E-state index is 0.0869. The molecule has 26 heavy (non-hydrogen) atoms. The SMILES string of the molecule is COC(=O)N1CCc2cc(OC)c(O)cc2C1CCc1ccccc1Br. The van der Waals surface area contributed by atoms with Crippen LogP contribution in [0.25, 0.3) is 0 Å². The second kappa shape index (κ2) is 7.99. The Bertz CT molecular complexity index is 808. The van der Waals surface area contributed by atoms with Crippen molar-refractivity contribution in [1.29, 1.82) is 0 Å². The zero-order chi connectivity index (χ0) is 18.7. The molecule has 1 aliphatic rings. The Kier molecular flexibility index (Phi) is 5.71. The molecule has 0 saturated heterocycles. The average Bonchev–Trinajstić information content (AvgIpc) is 2.66. The van der Waals surface area contributed by atoms with Gasteiger partial charge in [0, 0.05) is 11.0 Å². The fourth-order valence-electron chi connectivity index (χ4n) is 3.52. The number of methoxy groups -OCH3 is 2. The predicted octanol–water partition coefficient (Wildman–Crippen LogP) is 4.46. The Hall–Kier alpha value is -2.21. The summed E-state index contributed by atoms with van der Waals surface area (Å²) in [5.41, 5.74) is 3.23. The molecule has 1 aliphatic heterocycles. The van der Waals surface area contributed by atoms with Crippen molar-refractivity contribution in [2.45, 2.75) is 25.3 Å². The molecule has 0 fully saturated rings. The van der Waals surface area contributed by atoms with E-state index in [0.29, 0.717) is 18.7 Å². The lowest BCUT2D eigenvalue weighted by Gasteiger charge is -2.36. The number of hydrogen-bond donors (Lipinski definition) is 1. The van der Waals surface area contributed by atoms with Crippen LogP contribution < -0.4 is 4.74 Å². The summed E-state index contributed by atoms with van der Waals surface area (Å²) in [6.07, 6.45) is 1.89. The van der Waals surface area contributed by atoms with Gasteiger partial charge in [-0.15, -0.1) is 0 Å². The first-order valence-corrected chi connectivity index (χ1v) is 9.32. The van der Waals surface area contributed by atoms with Gasteiger partial charge < -0.3 is 19.5 Å². The van der Waals surface area contributed by atoms with Crippen molar-refractivity contribution in [1.82, 2.24) is 4.90 Å². The average molecular weight is 420 g/mol. The van der Waals surface area contributed by atoms with Gasteiger partial charge in [-0.2, -0.15) is 0 Å².